The van der Waals surface area contributed by atoms with Gasteiger partial charge in [-0.2, -0.15) is 4.98 Å². The van der Waals surface area contributed by atoms with Crippen LogP contribution in [0.25, 0.3) is 0 Å². The highest BCUT2D eigenvalue weighted by Crippen LogP contribution is 2.34. The number of carbonyl (C=O) groups excluding carboxylic acids is 1. The largest absolute Gasteiger partial charge is 0.356 e. The maximum Gasteiger partial charge on any atom is 0.253 e. The van der Waals surface area contributed by atoms with Gasteiger partial charge in [-0.3, -0.25) is 9.79 Å². The van der Waals surface area contributed by atoms with Gasteiger partial charge in [-0.25, -0.2) is 4.98 Å². The predicted molar refractivity (Wildman–Crippen MR) is 102 cm³/mol. The van der Waals surface area contributed by atoms with Crippen molar-refractivity contribution >= 4 is 23.5 Å². The number of amides is 1. The molecular formula is C18H27N7O. The zero-order valence-electron chi connectivity index (χ0n) is 15.8. The molecule has 3 aliphatic heterocycles. The maximum atomic E-state index is 12.3. The standard InChI is InChI=1S/C18H27N7O/c1-12-20-16(26)18(23-12)6-10-25(11-7-18)15-13-4-8-19-9-5-14(13)21-17(22-15)24(2)3/h19H,4-11H2,1-3H3,(H,20,23,26). The second-order valence-electron chi connectivity index (χ2n) is 7.59. The normalized spacial score (nSPS) is 21.9. The van der Waals surface area contributed by atoms with Gasteiger partial charge in [0.2, 0.25) is 5.95 Å². The van der Waals surface area contributed by atoms with Crippen molar-refractivity contribution in [2.24, 2.45) is 4.99 Å². The average molecular weight is 357 g/mol. The van der Waals surface area contributed by atoms with Crippen molar-refractivity contribution in [2.45, 2.75) is 38.1 Å². The Kier molecular flexibility index (Phi) is 4.30. The van der Waals surface area contributed by atoms with E-state index >= 15 is 0 Å². The Bertz CT molecular complexity index is 750. The molecule has 1 aromatic heterocycles. The molecule has 1 amide bonds. The minimum Gasteiger partial charge on any atom is -0.356 e. The van der Waals surface area contributed by atoms with Gasteiger partial charge in [0, 0.05) is 45.7 Å². The van der Waals surface area contributed by atoms with Gasteiger partial charge in [0.1, 0.15) is 17.2 Å². The number of aliphatic imine (C=N–C) groups is 1. The Balaban J connectivity index is 1.64. The minimum absolute atomic E-state index is 0.0503. The summed E-state index contributed by atoms with van der Waals surface area (Å²) in [6.45, 7) is 5.34. The third-order valence-electron chi connectivity index (χ3n) is 5.54. The summed E-state index contributed by atoms with van der Waals surface area (Å²) in [7, 11) is 3.96. The fraction of sp³-hybridized carbons (Fsp3) is 0.667. The van der Waals surface area contributed by atoms with Crippen molar-refractivity contribution < 1.29 is 4.79 Å². The summed E-state index contributed by atoms with van der Waals surface area (Å²) in [6.07, 6.45) is 3.32. The molecule has 0 saturated carbocycles. The average Bonchev–Trinajstić information content (AvgIpc) is 2.79. The van der Waals surface area contributed by atoms with Crippen molar-refractivity contribution in [2.75, 3.05) is 50.1 Å². The van der Waals surface area contributed by atoms with Crippen LogP contribution in [-0.4, -0.2) is 67.5 Å². The summed E-state index contributed by atoms with van der Waals surface area (Å²) in [4.78, 5) is 30.9. The molecule has 1 saturated heterocycles. The van der Waals surface area contributed by atoms with Crippen LogP contribution < -0.4 is 20.4 Å². The molecule has 8 heteroatoms. The molecular weight excluding hydrogens is 330 g/mol. The summed E-state index contributed by atoms with van der Waals surface area (Å²) in [6, 6.07) is 0. The third-order valence-corrected chi connectivity index (χ3v) is 5.54. The van der Waals surface area contributed by atoms with Gasteiger partial charge in [-0.15, -0.1) is 0 Å². The molecule has 0 bridgehead atoms. The number of rotatable bonds is 2. The van der Waals surface area contributed by atoms with Crippen molar-refractivity contribution in [3.05, 3.63) is 11.3 Å². The molecule has 4 rings (SSSR count). The number of carbonyl (C=O) groups is 1. The number of nitrogens with one attached hydrogen (secondary N) is 2. The number of nitrogens with zero attached hydrogens (tertiary/aromatic N) is 5. The van der Waals surface area contributed by atoms with E-state index in [2.05, 4.69) is 20.5 Å². The smallest absolute Gasteiger partial charge is 0.253 e. The van der Waals surface area contributed by atoms with E-state index in [4.69, 9.17) is 9.97 Å². The monoisotopic (exact) mass is 357 g/mol. The SMILES string of the molecule is CC1=NC2(CCN(c3nc(N(C)C)nc4c3CCNCC4)CC2)C(=O)N1. The molecule has 4 heterocycles. The van der Waals surface area contributed by atoms with Gasteiger partial charge in [-0.05, 0) is 32.7 Å². The quantitative estimate of drug-likeness (QED) is 0.782. The first kappa shape index (κ1) is 17.2. The second kappa shape index (κ2) is 6.50. The molecule has 1 spiro atoms. The van der Waals surface area contributed by atoms with Gasteiger partial charge in [0.15, 0.2) is 0 Å². The van der Waals surface area contributed by atoms with E-state index in [1.165, 1.54) is 5.56 Å². The lowest BCUT2D eigenvalue weighted by molar-refractivity contribution is -0.124. The Hall–Kier alpha value is -2.22. The Labute approximate surface area is 154 Å². The van der Waals surface area contributed by atoms with Crippen LogP contribution in [0.1, 0.15) is 31.0 Å². The lowest BCUT2D eigenvalue weighted by Crippen LogP contribution is -2.49. The van der Waals surface area contributed by atoms with Crippen LogP contribution in [0.15, 0.2) is 4.99 Å². The van der Waals surface area contributed by atoms with Crippen molar-refractivity contribution in [1.82, 2.24) is 20.6 Å². The predicted octanol–water partition coefficient (Wildman–Crippen LogP) is 0.118. The summed E-state index contributed by atoms with van der Waals surface area (Å²) in [5, 5.41) is 6.32. The first-order chi connectivity index (χ1) is 12.5. The number of amidine groups is 1. The van der Waals surface area contributed by atoms with Crippen LogP contribution in [0.4, 0.5) is 11.8 Å². The highest BCUT2D eigenvalue weighted by Gasteiger charge is 2.45. The molecule has 0 atom stereocenters. The highest BCUT2D eigenvalue weighted by molar-refractivity contribution is 6.07. The summed E-state index contributed by atoms with van der Waals surface area (Å²) >= 11 is 0. The topological polar surface area (TPSA) is 85.8 Å². The molecule has 0 unspecified atom stereocenters. The molecule has 0 radical (unpaired) electrons. The van der Waals surface area contributed by atoms with Crippen LogP contribution in [0, 0.1) is 0 Å². The first-order valence-electron chi connectivity index (χ1n) is 9.39. The van der Waals surface area contributed by atoms with E-state index in [-0.39, 0.29) is 5.91 Å². The van der Waals surface area contributed by atoms with Crippen molar-refractivity contribution in [3.8, 4) is 0 Å². The number of hydrogen-bond acceptors (Lipinski definition) is 7. The first-order valence-corrected chi connectivity index (χ1v) is 9.39. The van der Waals surface area contributed by atoms with E-state index < -0.39 is 5.54 Å². The number of hydrogen-bond donors (Lipinski definition) is 2. The van der Waals surface area contributed by atoms with Gasteiger partial charge >= 0.3 is 0 Å². The molecule has 1 fully saturated rings. The Morgan fingerprint density at radius 3 is 2.50 bits per heavy atom. The van der Waals surface area contributed by atoms with Gasteiger partial charge in [0.25, 0.3) is 5.91 Å². The molecule has 0 aliphatic carbocycles. The van der Waals surface area contributed by atoms with E-state index in [0.717, 1.165) is 75.2 Å². The van der Waals surface area contributed by atoms with E-state index in [1.54, 1.807) is 0 Å². The second-order valence-corrected chi connectivity index (χ2v) is 7.59. The lowest BCUT2D eigenvalue weighted by Gasteiger charge is -2.37. The lowest BCUT2D eigenvalue weighted by atomic mass is 9.87. The van der Waals surface area contributed by atoms with E-state index in [1.807, 2.05) is 25.9 Å². The minimum atomic E-state index is -0.573. The van der Waals surface area contributed by atoms with Gasteiger partial charge < -0.3 is 20.4 Å². The van der Waals surface area contributed by atoms with Crippen LogP contribution in [-0.2, 0) is 17.6 Å². The number of piperidine rings is 1. The van der Waals surface area contributed by atoms with Crippen LogP contribution in [0.3, 0.4) is 0 Å². The fourth-order valence-corrected chi connectivity index (χ4v) is 4.08. The fourth-order valence-electron chi connectivity index (χ4n) is 4.08. The summed E-state index contributed by atoms with van der Waals surface area (Å²) in [5.74, 6) is 2.58. The Morgan fingerprint density at radius 1 is 1.12 bits per heavy atom. The third kappa shape index (κ3) is 2.92. The van der Waals surface area contributed by atoms with Crippen LogP contribution >= 0.6 is 0 Å². The number of aromatic nitrogens is 2. The molecule has 26 heavy (non-hydrogen) atoms. The highest BCUT2D eigenvalue weighted by atomic mass is 16.2. The zero-order chi connectivity index (χ0) is 18.3. The van der Waals surface area contributed by atoms with Crippen molar-refractivity contribution in [1.29, 1.82) is 0 Å². The summed E-state index contributed by atoms with van der Waals surface area (Å²) < 4.78 is 0. The molecule has 0 aromatic carbocycles. The zero-order valence-corrected chi connectivity index (χ0v) is 15.8. The van der Waals surface area contributed by atoms with E-state index in [9.17, 15) is 4.79 Å². The van der Waals surface area contributed by atoms with Crippen LogP contribution in [0.5, 0.6) is 0 Å². The Morgan fingerprint density at radius 2 is 1.85 bits per heavy atom. The molecule has 140 valence electrons. The van der Waals surface area contributed by atoms with Crippen molar-refractivity contribution in [3.63, 3.8) is 0 Å². The maximum absolute atomic E-state index is 12.3. The van der Waals surface area contributed by atoms with Gasteiger partial charge in [0.05, 0.1) is 5.69 Å². The molecule has 2 N–H and O–H groups in total. The summed E-state index contributed by atoms with van der Waals surface area (Å²) in [5.41, 5.74) is 1.83. The van der Waals surface area contributed by atoms with E-state index in [0.29, 0.717) is 0 Å². The number of fused-ring (bicyclic) bond motifs is 1. The molecule has 8 nitrogen and oxygen atoms in total. The molecule has 3 aliphatic rings. The molecule has 1 aromatic rings. The van der Waals surface area contributed by atoms with Gasteiger partial charge in [-0.1, -0.05) is 0 Å². The number of anilines is 2. The van der Waals surface area contributed by atoms with Crippen LogP contribution in [0.2, 0.25) is 0 Å².